The first kappa shape index (κ1) is 13.7. The largest absolute Gasteiger partial charge is 0.373 e. The predicted molar refractivity (Wildman–Crippen MR) is 72.2 cm³/mol. The first-order valence-electron chi connectivity index (χ1n) is 6.31. The van der Waals surface area contributed by atoms with E-state index in [0.29, 0.717) is 18.3 Å². The van der Waals surface area contributed by atoms with E-state index in [4.69, 9.17) is 15.0 Å². The lowest BCUT2D eigenvalue weighted by atomic mass is 10.1. The van der Waals surface area contributed by atoms with Gasteiger partial charge in [0.05, 0.1) is 0 Å². The third-order valence-corrected chi connectivity index (χ3v) is 2.97. The van der Waals surface area contributed by atoms with E-state index in [-0.39, 0.29) is 12.0 Å². The molecule has 102 valence electrons. The van der Waals surface area contributed by atoms with Crippen molar-refractivity contribution < 1.29 is 9.26 Å². The molecule has 19 heavy (non-hydrogen) atoms. The summed E-state index contributed by atoms with van der Waals surface area (Å²) in [5, 5.41) is 4.00. The van der Waals surface area contributed by atoms with Crippen molar-refractivity contribution in [3.05, 3.63) is 35.7 Å². The fraction of sp³-hybridized carbons (Fsp3) is 0.429. The number of hydrogen-bond acceptors (Lipinski definition) is 5. The summed E-state index contributed by atoms with van der Waals surface area (Å²) in [6.07, 6.45) is -0.157. The normalized spacial score (nSPS) is 12.9. The molecule has 2 N–H and O–H groups in total. The molecule has 0 saturated carbocycles. The molecular weight excluding hydrogens is 242 g/mol. The lowest BCUT2D eigenvalue weighted by molar-refractivity contribution is 0.0556. The zero-order valence-electron chi connectivity index (χ0n) is 11.5. The molecule has 0 aliphatic rings. The highest BCUT2D eigenvalue weighted by atomic mass is 16.5. The average molecular weight is 261 g/mol. The topological polar surface area (TPSA) is 74.2 Å². The smallest absolute Gasteiger partial charge is 0.258 e. The number of rotatable bonds is 5. The molecule has 2 aromatic rings. The van der Waals surface area contributed by atoms with Gasteiger partial charge >= 0.3 is 0 Å². The van der Waals surface area contributed by atoms with Gasteiger partial charge in [-0.25, -0.2) is 0 Å². The molecule has 0 radical (unpaired) electrons. The van der Waals surface area contributed by atoms with Gasteiger partial charge in [-0.05, 0) is 23.6 Å². The van der Waals surface area contributed by atoms with Crippen molar-refractivity contribution in [3.8, 4) is 11.5 Å². The molecule has 0 fully saturated rings. The zero-order valence-corrected chi connectivity index (χ0v) is 11.5. The number of aromatic nitrogens is 2. The van der Waals surface area contributed by atoms with E-state index in [0.717, 1.165) is 11.1 Å². The fourth-order valence-electron chi connectivity index (χ4n) is 1.97. The molecule has 5 nitrogen and oxygen atoms in total. The van der Waals surface area contributed by atoms with Gasteiger partial charge in [0.2, 0.25) is 5.82 Å². The Morgan fingerprint density at radius 3 is 2.79 bits per heavy atom. The maximum atomic E-state index is 5.62. The van der Waals surface area contributed by atoms with Crippen LogP contribution in [0.5, 0.6) is 0 Å². The van der Waals surface area contributed by atoms with E-state index in [2.05, 4.69) is 24.0 Å². The molecule has 0 spiro atoms. The molecule has 5 heteroatoms. The lowest BCUT2D eigenvalue weighted by Crippen LogP contribution is -2.10. The molecule has 0 aliphatic heterocycles. The van der Waals surface area contributed by atoms with Crippen LogP contribution < -0.4 is 5.73 Å². The summed E-state index contributed by atoms with van der Waals surface area (Å²) in [5.74, 6) is 1.35. The lowest BCUT2D eigenvalue weighted by Gasteiger charge is -2.14. The second kappa shape index (κ2) is 5.95. The minimum Gasteiger partial charge on any atom is -0.373 e. The summed E-state index contributed by atoms with van der Waals surface area (Å²) in [4.78, 5) is 4.40. The Kier molecular flexibility index (Phi) is 4.29. The van der Waals surface area contributed by atoms with E-state index in [9.17, 15) is 0 Å². The van der Waals surface area contributed by atoms with Gasteiger partial charge in [0.1, 0.15) is 6.10 Å². The van der Waals surface area contributed by atoms with E-state index in [1.807, 2.05) is 24.3 Å². The van der Waals surface area contributed by atoms with Crippen molar-refractivity contribution in [1.82, 2.24) is 10.1 Å². The maximum Gasteiger partial charge on any atom is 0.258 e. The van der Waals surface area contributed by atoms with Crippen LogP contribution in [0.15, 0.2) is 28.8 Å². The zero-order chi connectivity index (χ0) is 13.8. The van der Waals surface area contributed by atoms with Gasteiger partial charge in [-0.3, -0.25) is 0 Å². The summed E-state index contributed by atoms with van der Waals surface area (Å²) in [5.41, 5.74) is 7.53. The molecule has 1 atom stereocenters. The van der Waals surface area contributed by atoms with E-state index in [1.54, 1.807) is 7.11 Å². The molecule has 1 aromatic carbocycles. The number of nitrogens with two attached hydrogens (primary N) is 1. The Hall–Kier alpha value is -1.72. The summed E-state index contributed by atoms with van der Waals surface area (Å²) < 4.78 is 10.7. The van der Waals surface area contributed by atoms with Crippen LogP contribution >= 0.6 is 0 Å². The minimum atomic E-state index is -0.157. The van der Waals surface area contributed by atoms with Crippen molar-refractivity contribution in [2.75, 3.05) is 7.11 Å². The molecule has 0 saturated heterocycles. The summed E-state index contributed by atoms with van der Waals surface area (Å²) >= 11 is 0. The molecule has 0 amide bonds. The highest BCUT2D eigenvalue weighted by Crippen LogP contribution is 2.25. The number of ether oxygens (including phenoxy) is 1. The average Bonchev–Trinajstić information content (AvgIpc) is 2.89. The van der Waals surface area contributed by atoms with Crippen LogP contribution in [0.1, 0.15) is 31.3 Å². The Morgan fingerprint density at radius 1 is 1.37 bits per heavy atom. The second-order valence-corrected chi connectivity index (χ2v) is 4.76. The van der Waals surface area contributed by atoms with Crippen LogP contribution in [0.25, 0.3) is 11.5 Å². The van der Waals surface area contributed by atoms with Crippen LogP contribution in [0.4, 0.5) is 0 Å². The van der Waals surface area contributed by atoms with Gasteiger partial charge in [0.15, 0.2) is 0 Å². The fourth-order valence-corrected chi connectivity index (χ4v) is 1.97. The van der Waals surface area contributed by atoms with Gasteiger partial charge in [-0.1, -0.05) is 31.1 Å². The standard InChI is InChI=1S/C14H19N3O2/c1-9(2)12(18-3)13-16-14(19-17-13)11-6-4-5-10(7-11)8-15/h4-7,9,12H,8,15H2,1-3H3. The summed E-state index contributed by atoms with van der Waals surface area (Å²) in [7, 11) is 1.65. The van der Waals surface area contributed by atoms with Gasteiger partial charge < -0.3 is 15.0 Å². The number of methoxy groups -OCH3 is 1. The summed E-state index contributed by atoms with van der Waals surface area (Å²) in [6.45, 7) is 4.60. The molecule has 1 heterocycles. The van der Waals surface area contributed by atoms with E-state index >= 15 is 0 Å². The molecule has 2 rings (SSSR count). The van der Waals surface area contributed by atoms with E-state index in [1.165, 1.54) is 0 Å². The van der Waals surface area contributed by atoms with Crippen molar-refractivity contribution in [2.24, 2.45) is 11.7 Å². The van der Waals surface area contributed by atoms with Gasteiger partial charge in [-0.15, -0.1) is 0 Å². The van der Waals surface area contributed by atoms with Gasteiger partial charge in [0, 0.05) is 19.2 Å². The van der Waals surface area contributed by atoms with Crippen LogP contribution in [-0.4, -0.2) is 17.3 Å². The quantitative estimate of drug-likeness (QED) is 0.895. The van der Waals surface area contributed by atoms with Crippen molar-refractivity contribution in [1.29, 1.82) is 0 Å². The molecule has 1 aromatic heterocycles. The van der Waals surface area contributed by atoms with Crippen LogP contribution in [0.3, 0.4) is 0 Å². The predicted octanol–water partition coefficient (Wildman–Crippen LogP) is 2.54. The Bertz CT molecular complexity index is 537. The second-order valence-electron chi connectivity index (χ2n) is 4.76. The third-order valence-electron chi connectivity index (χ3n) is 2.97. The minimum absolute atomic E-state index is 0.157. The molecular formula is C14H19N3O2. The van der Waals surface area contributed by atoms with Gasteiger partial charge in [0.25, 0.3) is 5.89 Å². The van der Waals surface area contributed by atoms with E-state index < -0.39 is 0 Å². The Labute approximate surface area is 112 Å². The maximum absolute atomic E-state index is 5.62. The number of nitrogens with zero attached hydrogens (tertiary/aromatic N) is 2. The van der Waals surface area contributed by atoms with Crippen LogP contribution in [0, 0.1) is 5.92 Å². The number of hydrogen-bond donors (Lipinski definition) is 1. The highest BCUT2D eigenvalue weighted by Gasteiger charge is 2.21. The first-order valence-corrected chi connectivity index (χ1v) is 6.31. The molecule has 0 bridgehead atoms. The SMILES string of the molecule is COC(c1noc(-c2cccc(CN)c2)n1)C(C)C. The number of benzene rings is 1. The van der Waals surface area contributed by atoms with Crippen molar-refractivity contribution in [3.63, 3.8) is 0 Å². The van der Waals surface area contributed by atoms with Crippen LogP contribution in [0.2, 0.25) is 0 Å². The molecule has 0 aliphatic carbocycles. The monoisotopic (exact) mass is 261 g/mol. The van der Waals surface area contributed by atoms with Crippen molar-refractivity contribution >= 4 is 0 Å². The van der Waals surface area contributed by atoms with Gasteiger partial charge in [-0.2, -0.15) is 4.98 Å². The highest BCUT2D eigenvalue weighted by molar-refractivity contribution is 5.54. The molecule has 1 unspecified atom stereocenters. The Balaban J connectivity index is 2.29. The third kappa shape index (κ3) is 3.00. The summed E-state index contributed by atoms with van der Waals surface area (Å²) in [6, 6.07) is 7.77. The Morgan fingerprint density at radius 2 is 2.16 bits per heavy atom. The van der Waals surface area contributed by atoms with Crippen LogP contribution in [-0.2, 0) is 11.3 Å². The van der Waals surface area contributed by atoms with Crippen molar-refractivity contribution in [2.45, 2.75) is 26.5 Å². The first-order chi connectivity index (χ1) is 9.15.